The summed E-state index contributed by atoms with van der Waals surface area (Å²) in [4.78, 5) is 7.54. The second-order valence-electron chi connectivity index (χ2n) is 2.85. The van der Waals surface area contributed by atoms with E-state index in [9.17, 15) is 13.2 Å². The first kappa shape index (κ1) is 10.9. The highest BCUT2D eigenvalue weighted by molar-refractivity contribution is 7.99. The minimum Gasteiger partial charge on any atom is -0.242 e. The van der Waals surface area contributed by atoms with E-state index in [0.29, 0.717) is 4.90 Å². The molecule has 0 saturated heterocycles. The molecule has 2 rings (SSSR count). The lowest BCUT2D eigenvalue weighted by molar-refractivity contribution is 0.506. The van der Waals surface area contributed by atoms with Gasteiger partial charge in [-0.1, -0.05) is 11.8 Å². The van der Waals surface area contributed by atoms with Crippen LogP contribution >= 0.6 is 11.8 Å². The van der Waals surface area contributed by atoms with E-state index in [0.717, 1.165) is 30.1 Å². The number of benzene rings is 1. The lowest BCUT2D eigenvalue weighted by Gasteiger charge is -2.01. The van der Waals surface area contributed by atoms with Gasteiger partial charge in [-0.3, -0.25) is 0 Å². The molecule has 0 aliphatic heterocycles. The maximum absolute atomic E-state index is 13.1. The molecule has 0 atom stereocenters. The zero-order valence-corrected chi connectivity index (χ0v) is 8.64. The van der Waals surface area contributed by atoms with Gasteiger partial charge in [0.15, 0.2) is 17.5 Å². The van der Waals surface area contributed by atoms with Crippen LogP contribution in [-0.4, -0.2) is 9.97 Å². The quantitative estimate of drug-likeness (QED) is 0.757. The van der Waals surface area contributed by atoms with E-state index in [1.807, 2.05) is 0 Å². The van der Waals surface area contributed by atoms with Gasteiger partial charge in [-0.15, -0.1) is 0 Å². The third-order valence-corrected chi connectivity index (χ3v) is 2.72. The molecule has 0 fully saturated rings. The molecule has 0 aliphatic carbocycles. The van der Waals surface area contributed by atoms with Gasteiger partial charge in [-0.25, -0.2) is 23.1 Å². The second-order valence-corrected chi connectivity index (χ2v) is 3.92. The summed E-state index contributed by atoms with van der Waals surface area (Å²) in [6, 6.07) is 3.32. The first-order chi connectivity index (χ1) is 7.66. The number of nitrogens with zero attached hydrogens (tertiary/aromatic N) is 2. The molecule has 0 N–H and O–H groups in total. The number of rotatable bonds is 2. The van der Waals surface area contributed by atoms with Crippen molar-refractivity contribution >= 4 is 11.8 Å². The summed E-state index contributed by atoms with van der Waals surface area (Å²) >= 11 is 0.904. The summed E-state index contributed by atoms with van der Waals surface area (Å²) in [5, 5.41) is 0.0704. The van der Waals surface area contributed by atoms with Crippen molar-refractivity contribution in [1.29, 1.82) is 0 Å². The zero-order chi connectivity index (χ0) is 11.5. The Hall–Kier alpha value is -1.56. The molecule has 0 spiro atoms. The lowest BCUT2D eigenvalue weighted by Crippen LogP contribution is -1.89. The summed E-state index contributed by atoms with van der Waals surface area (Å²) in [7, 11) is 0. The van der Waals surface area contributed by atoms with Gasteiger partial charge in [0.25, 0.3) is 0 Å². The Bertz CT molecular complexity index is 519. The maximum atomic E-state index is 13.1. The molecule has 2 nitrogen and oxygen atoms in total. The van der Waals surface area contributed by atoms with Gasteiger partial charge in [-0.2, -0.15) is 0 Å². The van der Waals surface area contributed by atoms with Crippen LogP contribution in [0.25, 0.3) is 0 Å². The van der Waals surface area contributed by atoms with Crippen LogP contribution < -0.4 is 0 Å². The molecule has 0 radical (unpaired) electrons. The van der Waals surface area contributed by atoms with E-state index in [1.54, 1.807) is 0 Å². The maximum Gasteiger partial charge on any atom is 0.174 e. The van der Waals surface area contributed by atoms with Crippen molar-refractivity contribution in [3.8, 4) is 0 Å². The van der Waals surface area contributed by atoms with E-state index in [4.69, 9.17) is 0 Å². The van der Waals surface area contributed by atoms with Crippen LogP contribution in [0.3, 0.4) is 0 Å². The predicted octanol–water partition coefficient (Wildman–Crippen LogP) is 3.05. The summed E-state index contributed by atoms with van der Waals surface area (Å²) in [6.07, 6.45) is 2.19. The number of halogens is 3. The fourth-order valence-electron chi connectivity index (χ4n) is 1.03. The van der Waals surface area contributed by atoms with Gasteiger partial charge < -0.3 is 0 Å². The van der Waals surface area contributed by atoms with Crippen molar-refractivity contribution in [3.05, 3.63) is 48.2 Å². The first-order valence-electron chi connectivity index (χ1n) is 4.25. The molecular weight excluding hydrogens is 237 g/mol. The molecule has 1 aromatic carbocycles. The fraction of sp³-hybridized carbons (Fsp3) is 0. The average molecular weight is 242 g/mol. The summed E-state index contributed by atoms with van der Waals surface area (Å²) in [6.45, 7) is 0. The monoisotopic (exact) mass is 242 g/mol. The van der Waals surface area contributed by atoms with Crippen LogP contribution in [0.5, 0.6) is 0 Å². The Morgan fingerprint density at radius 1 is 1.00 bits per heavy atom. The van der Waals surface area contributed by atoms with Crippen LogP contribution in [-0.2, 0) is 0 Å². The van der Waals surface area contributed by atoms with Crippen molar-refractivity contribution in [2.45, 2.75) is 9.92 Å². The Balaban J connectivity index is 2.28. The fourth-order valence-corrected chi connectivity index (χ4v) is 1.80. The van der Waals surface area contributed by atoms with Gasteiger partial charge in [0.2, 0.25) is 0 Å². The normalized spacial score (nSPS) is 10.4. The third-order valence-electron chi connectivity index (χ3n) is 1.74. The summed E-state index contributed by atoms with van der Waals surface area (Å²) in [5.41, 5.74) is 0. The molecule has 0 bridgehead atoms. The van der Waals surface area contributed by atoms with E-state index >= 15 is 0 Å². The number of aromatic nitrogens is 2. The zero-order valence-electron chi connectivity index (χ0n) is 7.82. The Morgan fingerprint density at radius 3 is 2.50 bits per heavy atom. The van der Waals surface area contributed by atoms with Crippen molar-refractivity contribution in [1.82, 2.24) is 9.97 Å². The van der Waals surface area contributed by atoms with Crippen LogP contribution in [0.4, 0.5) is 13.2 Å². The van der Waals surface area contributed by atoms with Crippen LogP contribution in [0.1, 0.15) is 0 Å². The standard InChI is InChI=1S/C10H5F3N2S/c11-7-2-1-6(3-8(7)12)16-10-9(13)4-14-5-15-10/h1-5H. The molecule has 0 amide bonds. The second kappa shape index (κ2) is 4.52. The lowest BCUT2D eigenvalue weighted by atomic mass is 10.3. The molecular formula is C10H5F3N2S. The van der Waals surface area contributed by atoms with Crippen LogP contribution in [0.15, 0.2) is 40.6 Å². The van der Waals surface area contributed by atoms with Crippen molar-refractivity contribution < 1.29 is 13.2 Å². The van der Waals surface area contributed by atoms with Crippen LogP contribution in [0, 0.1) is 17.5 Å². The Labute approximate surface area is 93.5 Å². The molecule has 0 saturated carbocycles. The molecule has 1 heterocycles. The Morgan fingerprint density at radius 2 is 1.81 bits per heavy atom. The minimum atomic E-state index is -0.973. The highest BCUT2D eigenvalue weighted by Crippen LogP contribution is 2.28. The van der Waals surface area contributed by atoms with E-state index in [-0.39, 0.29) is 5.03 Å². The third kappa shape index (κ3) is 2.33. The van der Waals surface area contributed by atoms with Crippen molar-refractivity contribution in [2.75, 3.05) is 0 Å². The van der Waals surface area contributed by atoms with Gasteiger partial charge in [0, 0.05) is 4.90 Å². The molecule has 1 aromatic heterocycles. The first-order valence-corrected chi connectivity index (χ1v) is 5.07. The van der Waals surface area contributed by atoms with E-state index in [1.165, 1.54) is 12.4 Å². The largest absolute Gasteiger partial charge is 0.242 e. The highest BCUT2D eigenvalue weighted by Gasteiger charge is 2.08. The summed E-state index contributed by atoms with van der Waals surface area (Å²) in [5.74, 6) is -2.51. The minimum absolute atomic E-state index is 0.0704. The van der Waals surface area contributed by atoms with E-state index in [2.05, 4.69) is 9.97 Å². The molecule has 0 aliphatic rings. The SMILES string of the molecule is Fc1ccc(Sc2ncncc2F)cc1F. The molecule has 82 valence electrons. The Kier molecular flexibility index (Phi) is 3.09. The van der Waals surface area contributed by atoms with Gasteiger partial charge in [0.1, 0.15) is 11.4 Å². The highest BCUT2D eigenvalue weighted by atomic mass is 32.2. The van der Waals surface area contributed by atoms with Gasteiger partial charge in [-0.05, 0) is 18.2 Å². The summed E-state index contributed by atoms with van der Waals surface area (Å²) < 4.78 is 38.6. The topological polar surface area (TPSA) is 25.8 Å². The van der Waals surface area contributed by atoms with Crippen LogP contribution in [0.2, 0.25) is 0 Å². The van der Waals surface area contributed by atoms with Gasteiger partial charge >= 0.3 is 0 Å². The number of hydrogen-bond donors (Lipinski definition) is 0. The molecule has 16 heavy (non-hydrogen) atoms. The molecule has 2 aromatic rings. The average Bonchev–Trinajstić information content (AvgIpc) is 2.27. The van der Waals surface area contributed by atoms with Crippen molar-refractivity contribution in [2.24, 2.45) is 0 Å². The van der Waals surface area contributed by atoms with E-state index < -0.39 is 17.5 Å². The number of hydrogen-bond acceptors (Lipinski definition) is 3. The molecule has 6 heteroatoms. The smallest absolute Gasteiger partial charge is 0.174 e. The molecule has 0 unspecified atom stereocenters. The predicted molar refractivity (Wildman–Crippen MR) is 52.5 cm³/mol. The van der Waals surface area contributed by atoms with Crippen molar-refractivity contribution in [3.63, 3.8) is 0 Å². The van der Waals surface area contributed by atoms with Gasteiger partial charge in [0.05, 0.1) is 6.20 Å².